The van der Waals surface area contributed by atoms with Crippen LogP contribution in [-0.2, 0) is 6.42 Å². The van der Waals surface area contributed by atoms with E-state index < -0.39 is 0 Å². The number of aryl methyl sites for hydroxylation is 1. The normalized spacial score (nSPS) is 12.4. The van der Waals surface area contributed by atoms with E-state index in [-0.39, 0.29) is 6.04 Å². The first kappa shape index (κ1) is 13.0. The minimum Gasteiger partial charge on any atom is -0.271 e. The van der Waals surface area contributed by atoms with Gasteiger partial charge in [0.2, 0.25) is 0 Å². The third-order valence-corrected chi connectivity index (χ3v) is 3.24. The molecular weight excluding hydrogens is 246 g/mol. The Balaban J connectivity index is 2.42. The monoisotopic (exact) mass is 261 g/mol. The molecule has 0 spiro atoms. The smallest absolute Gasteiger partial charge is 0.0896 e. The maximum absolute atomic E-state index is 6.16. The zero-order valence-electron chi connectivity index (χ0n) is 10.2. The fraction of sp³-hybridized carbons (Fsp3) is 0.214. The number of pyridine rings is 1. The molecule has 1 unspecified atom stereocenters. The molecule has 1 aromatic heterocycles. The van der Waals surface area contributed by atoms with Crippen LogP contribution in [0.4, 0.5) is 0 Å². The zero-order chi connectivity index (χ0) is 13.0. The lowest BCUT2D eigenvalue weighted by atomic mass is 10.0. The molecule has 1 aromatic carbocycles. The molecule has 0 amide bonds. The molecule has 4 heteroatoms. The Morgan fingerprint density at radius 1 is 1.33 bits per heavy atom. The summed E-state index contributed by atoms with van der Waals surface area (Å²) in [5, 5.41) is 0.613. The highest BCUT2D eigenvalue weighted by Crippen LogP contribution is 2.26. The second-order valence-electron chi connectivity index (χ2n) is 4.07. The van der Waals surface area contributed by atoms with Gasteiger partial charge in [0.05, 0.1) is 16.8 Å². The van der Waals surface area contributed by atoms with Crippen LogP contribution in [0.2, 0.25) is 5.02 Å². The van der Waals surface area contributed by atoms with E-state index in [1.807, 2.05) is 24.3 Å². The molecule has 1 heterocycles. The summed E-state index contributed by atoms with van der Waals surface area (Å²) in [6.45, 7) is 2.12. The van der Waals surface area contributed by atoms with Gasteiger partial charge in [-0.1, -0.05) is 42.8 Å². The summed E-state index contributed by atoms with van der Waals surface area (Å²) in [6, 6.07) is 11.7. The van der Waals surface area contributed by atoms with Gasteiger partial charge >= 0.3 is 0 Å². The van der Waals surface area contributed by atoms with Gasteiger partial charge in [0.15, 0.2) is 0 Å². The number of hydrazine groups is 1. The van der Waals surface area contributed by atoms with Crippen LogP contribution in [0.15, 0.2) is 42.6 Å². The van der Waals surface area contributed by atoms with Crippen LogP contribution in [0.25, 0.3) is 0 Å². The largest absolute Gasteiger partial charge is 0.271 e. The van der Waals surface area contributed by atoms with Crippen LogP contribution >= 0.6 is 11.6 Å². The van der Waals surface area contributed by atoms with Crippen molar-refractivity contribution in [3.63, 3.8) is 0 Å². The molecule has 18 heavy (non-hydrogen) atoms. The van der Waals surface area contributed by atoms with Gasteiger partial charge in [0, 0.05) is 6.20 Å². The van der Waals surface area contributed by atoms with Gasteiger partial charge < -0.3 is 0 Å². The minimum absolute atomic E-state index is 0.190. The van der Waals surface area contributed by atoms with Crippen LogP contribution in [-0.4, -0.2) is 4.98 Å². The van der Waals surface area contributed by atoms with Crippen LogP contribution in [0, 0.1) is 0 Å². The Morgan fingerprint density at radius 3 is 2.83 bits per heavy atom. The van der Waals surface area contributed by atoms with Gasteiger partial charge in [-0.3, -0.25) is 10.8 Å². The van der Waals surface area contributed by atoms with Crippen molar-refractivity contribution in [2.75, 3.05) is 0 Å². The van der Waals surface area contributed by atoms with Crippen LogP contribution < -0.4 is 11.3 Å². The van der Waals surface area contributed by atoms with Gasteiger partial charge in [-0.25, -0.2) is 5.43 Å². The maximum Gasteiger partial charge on any atom is 0.0896 e. The molecule has 2 aromatic rings. The number of aromatic nitrogens is 1. The van der Waals surface area contributed by atoms with Gasteiger partial charge in [-0.15, -0.1) is 0 Å². The van der Waals surface area contributed by atoms with E-state index in [2.05, 4.69) is 29.5 Å². The van der Waals surface area contributed by atoms with Crippen LogP contribution in [0.1, 0.15) is 29.8 Å². The third-order valence-electron chi connectivity index (χ3n) is 2.92. The van der Waals surface area contributed by atoms with Gasteiger partial charge in [-0.2, -0.15) is 0 Å². The molecule has 0 aliphatic rings. The second kappa shape index (κ2) is 5.96. The SMILES string of the molecule is CCc1cccc(C(NN)c2ncccc2Cl)c1. The predicted octanol–water partition coefficient (Wildman–Crippen LogP) is 2.85. The molecule has 0 saturated heterocycles. The summed E-state index contributed by atoms with van der Waals surface area (Å²) in [5.74, 6) is 5.65. The molecule has 2 rings (SSSR count). The molecule has 0 fully saturated rings. The number of nitrogens with two attached hydrogens (primary N) is 1. The fourth-order valence-electron chi connectivity index (χ4n) is 1.94. The average molecular weight is 262 g/mol. The number of hydrogen-bond donors (Lipinski definition) is 2. The number of nitrogens with zero attached hydrogens (tertiary/aromatic N) is 1. The van der Waals surface area contributed by atoms with E-state index in [4.69, 9.17) is 17.4 Å². The number of hydrogen-bond acceptors (Lipinski definition) is 3. The highest BCUT2D eigenvalue weighted by atomic mass is 35.5. The lowest BCUT2D eigenvalue weighted by Crippen LogP contribution is -2.29. The Morgan fingerprint density at radius 2 is 2.17 bits per heavy atom. The molecule has 0 saturated carbocycles. The van der Waals surface area contributed by atoms with Crippen LogP contribution in [0.5, 0.6) is 0 Å². The quantitative estimate of drug-likeness (QED) is 0.657. The number of rotatable bonds is 4. The summed E-state index contributed by atoms with van der Waals surface area (Å²) in [5.41, 5.74) is 5.86. The van der Waals surface area contributed by atoms with Crippen molar-refractivity contribution in [2.45, 2.75) is 19.4 Å². The van der Waals surface area contributed by atoms with Crippen molar-refractivity contribution in [1.29, 1.82) is 0 Å². The van der Waals surface area contributed by atoms with Crippen LogP contribution in [0.3, 0.4) is 0 Å². The first-order valence-electron chi connectivity index (χ1n) is 5.91. The van der Waals surface area contributed by atoms with Gasteiger partial charge in [0.1, 0.15) is 0 Å². The van der Waals surface area contributed by atoms with E-state index in [9.17, 15) is 0 Å². The van der Waals surface area contributed by atoms with Crippen molar-refractivity contribution in [1.82, 2.24) is 10.4 Å². The summed E-state index contributed by atoms with van der Waals surface area (Å²) >= 11 is 6.16. The van der Waals surface area contributed by atoms with Crippen molar-refractivity contribution >= 4 is 11.6 Å². The van der Waals surface area contributed by atoms with Crippen molar-refractivity contribution in [3.8, 4) is 0 Å². The van der Waals surface area contributed by atoms with E-state index in [1.165, 1.54) is 5.56 Å². The standard InChI is InChI=1S/C14H16ClN3/c1-2-10-5-3-6-11(9-10)13(18-16)14-12(15)7-4-8-17-14/h3-9,13,18H,2,16H2,1H3. The molecule has 1 atom stereocenters. The molecule has 0 aliphatic carbocycles. The topological polar surface area (TPSA) is 50.9 Å². The van der Waals surface area contributed by atoms with Crippen molar-refractivity contribution in [3.05, 3.63) is 64.4 Å². The molecule has 0 bridgehead atoms. The number of halogens is 1. The fourth-order valence-corrected chi connectivity index (χ4v) is 2.17. The highest BCUT2D eigenvalue weighted by molar-refractivity contribution is 6.31. The minimum atomic E-state index is -0.190. The number of nitrogens with one attached hydrogen (secondary N) is 1. The van der Waals surface area contributed by atoms with E-state index in [1.54, 1.807) is 6.20 Å². The van der Waals surface area contributed by atoms with Crippen molar-refractivity contribution in [2.24, 2.45) is 5.84 Å². The highest BCUT2D eigenvalue weighted by Gasteiger charge is 2.16. The Labute approximate surface area is 112 Å². The molecule has 3 N–H and O–H groups in total. The van der Waals surface area contributed by atoms with Gasteiger partial charge in [0.25, 0.3) is 0 Å². The lowest BCUT2D eigenvalue weighted by Gasteiger charge is -2.17. The zero-order valence-corrected chi connectivity index (χ0v) is 11.0. The summed E-state index contributed by atoms with van der Waals surface area (Å²) in [7, 11) is 0. The average Bonchev–Trinajstić information content (AvgIpc) is 2.42. The number of benzene rings is 1. The van der Waals surface area contributed by atoms with E-state index in [0.29, 0.717) is 5.02 Å². The Hall–Kier alpha value is -1.42. The third kappa shape index (κ3) is 2.70. The lowest BCUT2D eigenvalue weighted by molar-refractivity contribution is 0.620. The summed E-state index contributed by atoms with van der Waals surface area (Å²) in [6.07, 6.45) is 2.70. The van der Waals surface area contributed by atoms with E-state index >= 15 is 0 Å². The molecule has 0 radical (unpaired) electrons. The summed E-state index contributed by atoms with van der Waals surface area (Å²) < 4.78 is 0. The molecular formula is C14H16ClN3. The van der Waals surface area contributed by atoms with E-state index in [0.717, 1.165) is 17.7 Å². The summed E-state index contributed by atoms with van der Waals surface area (Å²) in [4.78, 5) is 4.31. The second-order valence-corrected chi connectivity index (χ2v) is 4.48. The molecule has 3 nitrogen and oxygen atoms in total. The predicted molar refractivity (Wildman–Crippen MR) is 74.2 cm³/mol. The molecule has 94 valence electrons. The van der Waals surface area contributed by atoms with Crippen molar-refractivity contribution < 1.29 is 0 Å². The Kier molecular flexibility index (Phi) is 4.31. The molecule has 0 aliphatic heterocycles. The first-order chi connectivity index (χ1) is 8.76. The maximum atomic E-state index is 6.16. The van der Waals surface area contributed by atoms with Gasteiger partial charge in [-0.05, 0) is 29.7 Å². The first-order valence-corrected chi connectivity index (χ1v) is 6.29. The Bertz CT molecular complexity index is 528.